The SMILES string of the molecule is C=C.C=C.C=CCN(C)C. The lowest BCUT2D eigenvalue weighted by Gasteiger charge is -2.01. The summed E-state index contributed by atoms with van der Waals surface area (Å²) in [6.45, 7) is 16.5. The van der Waals surface area contributed by atoms with Gasteiger partial charge in [0.15, 0.2) is 0 Å². The van der Waals surface area contributed by atoms with Crippen LogP contribution in [0.3, 0.4) is 0 Å². The highest BCUT2D eigenvalue weighted by Gasteiger charge is 1.75. The third-order valence-electron chi connectivity index (χ3n) is 0.494. The number of likely N-dealkylation sites (N-methyl/N-ethyl adjacent to an activating group) is 1. The van der Waals surface area contributed by atoms with E-state index in [1.807, 2.05) is 20.2 Å². The monoisotopic (exact) mass is 141 g/mol. The van der Waals surface area contributed by atoms with Crippen molar-refractivity contribution in [2.45, 2.75) is 0 Å². The van der Waals surface area contributed by atoms with Gasteiger partial charge in [-0.25, -0.2) is 0 Å². The minimum Gasteiger partial charge on any atom is -0.306 e. The number of hydrogen-bond acceptors (Lipinski definition) is 1. The minimum atomic E-state index is 0.972. The molecule has 0 atom stereocenters. The van der Waals surface area contributed by atoms with Gasteiger partial charge in [0, 0.05) is 6.54 Å². The van der Waals surface area contributed by atoms with Crippen LogP contribution in [0.2, 0.25) is 0 Å². The summed E-state index contributed by atoms with van der Waals surface area (Å²) in [5.74, 6) is 0. The predicted molar refractivity (Wildman–Crippen MR) is 51.3 cm³/mol. The van der Waals surface area contributed by atoms with Crippen molar-refractivity contribution >= 4 is 0 Å². The van der Waals surface area contributed by atoms with Crippen LogP contribution < -0.4 is 0 Å². The number of hydrogen-bond donors (Lipinski definition) is 0. The molecule has 0 N–H and O–H groups in total. The van der Waals surface area contributed by atoms with Crippen molar-refractivity contribution in [3.63, 3.8) is 0 Å². The minimum absolute atomic E-state index is 0.972. The smallest absolute Gasteiger partial charge is 0.0154 e. The van der Waals surface area contributed by atoms with Gasteiger partial charge >= 0.3 is 0 Å². The Morgan fingerprint density at radius 1 is 1.10 bits per heavy atom. The number of nitrogens with zero attached hydrogens (tertiary/aromatic N) is 1. The number of rotatable bonds is 2. The average Bonchev–Trinajstić information content (AvgIpc) is 1.96. The van der Waals surface area contributed by atoms with E-state index >= 15 is 0 Å². The fourth-order valence-electron chi connectivity index (χ4n) is 0.258. The molecular formula is C9H19N. The molecule has 0 aliphatic heterocycles. The third kappa shape index (κ3) is 57.7. The van der Waals surface area contributed by atoms with E-state index in [9.17, 15) is 0 Å². The lowest BCUT2D eigenvalue weighted by molar-refractivity contribution is 0.457. The molecule has 1 nitrogen and oxygen atoms in total. The van der Waals surface area contributed by atoms with Gasteiger partial charge in [-0.05, 0) is 14.1 Å². The summed E-state index contributed by atoms with van der Waals surface area (Å²) < 4.78 is 0. The van der Waals surface area contributed by atoms with E-state index in [4.69, 9.17) is 0 Å². The molecule has 0 amide bonds. The fraction of sp³-hybridized carbons (Fsp3) is 0.333. The molecule has 0 aliphatic rings. The van der Waals surface area contributed by atoms with Gasteiger partial charge in [-0.2, -0.15) is 0 Å². The van der Waals surface area contributed by atoms with Crippen molar-refractivity contribution < 1.29 is 0 Å². The largest absolute Gasteiger partial charge is 0.306 e. The van der Waals surface area contributed by atoms with Crippen LogP contribution in [0.5, 0.6) is 0 Å². The van der Waals surface area contributed by atoms with Crippen LogP contribution in [0.15, 0.2) is 39.0 Å². The molecule has 60 valence electrons. The highest BCUT2D eigenvalue weighted by Crippen LogP contribution is 1.69. The first-order valence-corrected chi connectivity index (χ1v) is 3.03. The second-order valence-electron chi connectivity index (χ2n) is 1.55. The summed E-state index contributed by atoms with van der Waals surface area (Å²) in [5, 5.41) is 0. The van der Waals surface area contributed by atoms with Crippen molar-refractivity contribution in [1.82, 2.24) is 4.90 Å². The topological polar surface area (TPSA) is 3.24 Å². The Kier molecular flexibility index (Phi) is 38.8. The Hall–Kier alpha value is -0.820. The molecule has 10 heavy (non-hydrogen) atoms. The molecule has 0 saturated heterocycles. The van der Waals surface area contributed by atoms with Crippen LogP contribution in [0.25, 0.3) is 0 Å². The Balaban J connectivity index is -0.000000105. The van der Waals surface area contributed by atoms with Gasteiger partial charge in [0.1, 0.15) is 0 Å². The predicted octanol–water partition coefficient (Wildman–Crippen LogP) is 2.34. The zero-order valence-electron chi connectivity index (χ0n) is 7.27. The molecule has 0 aromatic carbocycles. The van der Waals surface area contributed by atoms with E-state index in [-0.39, 0.29) is 0 Å². The van der Waals surface area contributed by atoms with Crippen LogP contribution in [-0.2, 0) is 0 Å². The first kappa shape index (κ1) is 16.1. The van der Waals surface area contributed by atoms with Crippen molar-refractivity contribution in [3.8, 4) is 0 Å². The normalized spacial score (nSPS) is 6.30. The van der Waals surface area contributed by atoms with E-state index in [0.29, 0.717) is 0 Å². The summed E-state index contributed by atoms with van der Waals surface area (Å²) in [6, 6.07) is 0. The molecule has 0 radical (unpaired) electrons. The van der Waals surface area contributed by atoms with E-state index in [2.05, 4.69) is 37.8 Å². The molecule has 0 spiro atoms. The molecule has 0 fully saturated rings. The summed E-state index contributed by atoms with van der Waals surface area (Å²) >= 11 is 0. The summed E-state index contributed by atoms with van der Waals surface area (Å²) in [4.78, 5) is 2.06. The summed E-state index contributed by atoms with van der Waals surface area (Å²) in [6.07, 6.45) is 1.88. The second-order valence-corrected chi connectivity index (χ2v) is 1.55. The Morgan fingerprint density at radius 3 is 1.40 bits per heavy atom. The fourth-order valence-corrected chi connectivity index (χ4v) is 0.258. The summed E-state index contributed by atoms with van der Waals surface area (Å²) in [5.41, 5.74) is 0. The highest BCUT2D eigenvalue weighted by molar-refractivity contribution is 4.68. The van der Waals surface area contributed by atoms with Crippen LogP contribution in [-0.4, -0.2) is 25.5 Å². The molecule has 0 bridgehead atoms. The van der Waals surface area contributed by atoms with Crippen LogP contribution >= 0.6 is 0 Å². The maximum atomic E-state index is 3.56. The van der Waals surface area contributed by atoms with Gasteiger partial charge in [0.05, 0.1) is 0 Å². The molecule has 1 heteroatoms. The van der Waals surface area contributed by atoms with Crippen molar-refractivity contribution in [2.75, 3.05) is 20.6 Å². The molecule has 0 aromatic rings. The third-order valence-corrected chi connectivity index (χ3v) is 0.494. The first-order valence-electron chi connectivity index (χ1n) is 3.03. The van der Waals surface area contributed by atoms with E-state index < -0.39 is 0 Å². The molecule has 0 saturated carbocycles. The van der Waals surface area contributed by atoms with Crippen LogP contribution in [0.1, 0.15) is 0 Å². The molecule has 0 heterocycles. The van der Waals surface area contributed by atoms with Crippen molar-refractivity contribution in [1.29, 1.82) is 0 Å². The van der Waals surface area contributed by atoms with E-state index in [1.54, 1.807) is 0 Å². The van der Waals surface area contributed by atoms with Gasteiger partial charge in [-0.1, -0.05) is 6.08 Å². The van der Waals surface area contributed by atoms with Gasteiger partial charge < -0.3 is 4.90 Å². The standard InChI is InChI=1S/C5H11N.2C2H4/c1-4-5-6(2)3;2*1-2/h4H,1,5H2,2-3H3;2*1-2H2. The Morgan fingerprint density at radius 2 is 1.40 bits per heavy atom. The molecule has 0 unspecified atom stereocenters. The maximum Gasteiger partial charge on any atom is 0.0154 e. The van der Waals surface area contributed by atoms with Gasteiger partial charge in [-0.15, -0.1) is 32.9 Å². The highest BCUT2D eigenvalue weighted by atomic mass is 15.0. The molecule has 0 aromatic heterocycles. The average molecular weight is 141 g/mol. The maximum absolute atomic E-state index is 3.56. The quantitative estimate of drug-likeness (QED) is 0.533. The second kappa shape index (κ2) is 24.1. The van der Waals surface area contributed by atoms with Crippen LogP contribution in [0, 0.1) is 0 Å². The Labute approximate surface area is 65.4 Å². The zero-order chi connectivity index (χ0) is 8.99. The van der Waals surface area contributed by atoms with E-state index in [1.165, 1.54) is 0 Å². The van der Waals surface area contributed by atoms with Crippen molar-refractivity contribution in [3.05, 3.63) is 39.0 Å². The van der Waals surface area contributed by atoms with Crippen LogP contribution in [0.4, 0.5) is 0 Å². The first-order chi connectivity index (χ1) is 4.77. The van der Waals surface area contributed by atoms with Crippen molar-refractivity contribution in [2.24, 2.45) is 0 Å². The van der Waals surface area contributed by atoms with Gasteiger partial charge in [0.25, 0.3) is 0 Å². The molecule has 0 rings (SSSR count). The van der Waals surface area contributed by atoms with Gasteiger partial charge in [0.2, 0.25) is 0 Å². The Bertz CT molecular complexity index is 55.7. The lowest BCUT2D eigenvalue weighted by Crippen LogP contribution is -2.09. The summed E-state index contributed by atoms with van der Waals surface area (Å²) in [7, 11) is 4.03. The van der Waals surface area contributed by atoms with Gasteiger partial charge in [-0.3, -0.25) is 0 Å². The molecular weight excluding hydrogens is 122 g/mol. The van der Waals surface area contributed by atoms with E-state index in [0.717, 1.165) is 6.54 Å². The zero-order valence-corrected chi connectivity index (χ0v) is 7.27. The molecule has 0 aliphatic carbocycles. The lowest BCUT2D eigenvalue weighted by atomic mass is 10.6.